The van der Waals surface area contributed by atoms with Crippen molar-refractivity contribution in [1.29, 1.82) is 0 Å². The average molecular weight is 496 g/mol. The lowest BCUT2D eigenvalue weighted by molar-refractivity contribution is 0.0954. The predicted molar refractivity (Wildman–Crippen MR) is 148 cm³/mol. The quantitative estimate of drug-likeness (QED) is 0.301. The summed E-state index contributed by atoms with van der Waals surface area (Å²) in [6.07, 6.45) is 11.4. The summed E-state index contributed by atoms with van der Waals surface area (Å²) in [5.74, 6) is 1.57. The van der Waals surface area contributed by atoms with Gasteiger partial charge in [0.2, 0.25) is 0 Å². The third-order valence-electron chi connectivity index (χ3n) is 7.57. The van der Waals surface area contributed by atoms with Gasteiger partial charge in [0, 0.05) is 43.3 Å². The lowest BCUT2D eigenvalue weighted by atomic mass is 9.84. The molecule has 1 saturated heterocycles. The van der Waals surface area contributed by atoms with Gasteiger partial charge in [0.05, 0.1) is 19.0 Å². The minimum Gasteiger partial charge on any atom is -0.497 e. The van der Waals surface area contributed by atoms with Gasteiger partial charge in [-0.1, -0.05) is 30.3 Å². The van der Waals surface area contributed by atoms with Crippen LogP contribution in [0, 0.1) is 5.92 Å². The number of likely N-dealkylation sites (N-methyl/N-ethyl adjacent to an activating group) is 1. The molecule has 0 N–H and O–H groups in total. The van der Waals surface area contributed by atoms with E-state index >= 15 is 0 Å². The van der Waals surface area contributed by atoms with E-state index in [1.807, 2.05) is 35.4 Å². The smallest absolute Gasteiger partial charge is 0.119 e. The highest BCUT2D eigenvalue weighted by Gasteiger charge is 2.30. The maximum absolute atomic E-state index is 5.50. The summed E-state index contributed by atoms with van der Waals surface area (Å²) in [7, 11) is 4.01. The van der Waals surface area contributed by atoms with Crippen molar-refractivity contribution in [2.75, 3.05) is 27.2 Å². The van der Waals surface area contributed by atoms with Crippen LogP contribution in [0.4, 0.5) is 0 Å². The molecule has 3 heterocycles. The first-order chi connectivity index (χ1) is 18.2. The first-order valence-corrected chi connectivity index (χ1v) is 13.2. The molecule has 0 aliphatic carbocycles. The second-order valence-electron chi connectivity index (χ2n) is 10.1. The second kappa shape index (κ2) is 12.2. The van der Waals surface area contributed by atoms with E-state index < -0.39 is 0 Å². The number of benzene rings is 2. The summed E-state index contributed by atoms with van der Waals surface area (Å²) in [5.41, 5.74) is 5.01. The molecule has 37 heavy (non-hydrogen) atoms. The molecule has 0 amide bonds. The fraction of sp³-hybridized carbons (Fsp3) is 0.355. The highest BCUT2D eigenvalue weighted by atomic mass is 16.5. The third-order valence-corrected chi connectivity index (χ3v) is 7.57. The summed E-state index contributed by atoms with van der Waals surface area (Å²) in [5, 5.41) is 4.59. The van der Waals surface area contributed by atoms with Crippen molar-refractivity contribution >= 4 is 0 Å². The molecule has 6 heteroatoms. The Morgan fingerprint density at radius 1 is 0.946 bits per heavy atom. The molecule has 1 aliphatic rings. The van der Waals surface area contributed by atoms with Crippen molar-refractivity contribution in [3.63, 3.8) is 0 Å². The first-order valence-electron chi connectivity index (χ1n) is 13.2. The van der Waals surface area contributed by atoms with Crippen LogP contribution in [0.15, 0.2) is 91.5 Å². The molecule has 6 nitrogen and oxygen atoms in total. The average Bonchev–Trinajstić information content (AvgIpc) is 3.42. The van der Waals surface area contributed by atoms with Gasteiger partial charge < -0.3 is 4.74 Å². The highest BCUT2D eigenvalue weighted by Crippen LogP contribution is 2.29. The van der Waals surface area contributed by atoms with E-state index in [0.717, 1.165) is 44.0 Å². The SMILES string of the molecule is COc1cccc(C[C@H](C2CCN(Cc3cnn(-c4ccccc4)c3)CC2)N(C)Cc2ccncc2)c1. The standard InChI is InChI=1S/C31H37N5O/c1-34(22-25-11-15-32-16-12-25)31(20-26-7-6-10-30(19-26)37-2)28-13-17-35(18-14-28)23-27-21-33-36(24-27)29-8-4-3-5-9-29/h3-12,15-16,19,21,24,28,31H,13-14,17-18,20,22-23H2,1-2H3/t31-/m1/s1. The summed E-state index contributed by atoms with van der Waals surface area (Å²) < 4.78 is 7.48. The number of pyridine rings is 1. The van der Waals surface area contributed by atoms with E-state index in [-0.39, 0.29) is 0 Å². The number of ether oxygens (including phenoxy) is 1. The van der Waals surface area contributed by atoms with Gasteiger partial charge in [-0.15, -0.1) is 0 Å². The Morgan fingerprint density at radius 2 is 1.73 bits per heavy atom. The maximum Gasteiger partial charge on any atom is 0.119 e. The molecule has 2 aromatic carbocycles. The molecule has 5 rings (SSSR count). The van der Waals surface area contributed by atoms with Crippen LogP contribution in [0.3, 0.4) is 0 Å². The molecule has 1 aliphatic heterocycles. The predicted octanol–water partition coefficient (Wildman–Crippen LogP) is 5.23. The molecule has 4 aromatic rings. The summed E-state index contributed by atoms with van der Waals surface area (Å²) >= 11 is 0. The lowest BCUT2D eigenvalue weighted by Gasteiger charge is -2.40. The van der Waals surface area contributed by atoms with E-state index in [4.69, 9.17) is 4.74 Å². The van der Waals surface area contributed by atoms with Crippen molar-refractivity contribution in [2.24, 2.45) is 5.92 Å². The Hall–Kier alpha value is -3.48. The minimum atomic E-state index is 0.461. The van der Waals surface area contributed by atoms with Crippen molar-refractivity contribution in [3.8, 4) is 11.4 Å². The highest BCUT2D eigenvalue weighted by molar-refractivity contribution is 5.31. The number of hydrogen-bond donors (Lipinski definition) is 0. The van der Waals surface area contributed by atoms with E-state index in [1.165, 1.54) is 29.5 Å². The second-order valence-corrected chi connectivity index (χ2v) is 10.1. The Labute approximate surface area is 220 Å². The number of aromatic nitrogens is 3. The molecular formula is C31H37N5O. The number of piperidine rings is 1. The fourth-order valence-electron chi connectivity index (χ4n) is 5.53. The van der Waals surface area contributed by atoms with Gasteiger partial charge in [0.1, 0.15) is 5.75 Å². The Balaban J connectivity index is 1.24. The number of para-hydroxylation sites is 1. The van der Waals surface area contributed by atoms with Crippen LogP contribution < -0.4 is 4.74 Å². The van der Waals surface area contributed by atoms with Crippen LogP contribution in [-0.4, -0.2) is 57.9 Å². The van der Waals surface area contributed by atoms with Crippen molar-refractivity contribution < 1.29 is 4.74 Å². The van der Waals surface area contributed by atoms with Gasteiger partial charge in [-0.2, -0.15) is 5.10 Å². The van der Waals surface area contributed by atoms with Crippen molar-refractivity contribution in [1.82, 2.24) is 24.6 Å². The van der Waals surface area contributed by atoms with Gasteiger partial charge in [-0.05, 0) is 92.8 Å². The molecular weight excluding hydrogens is 458 g/mol. The molecule has 0 bridgehead atoms. The minimum absolute atomic E-state index is 0.461. The van der Waals surface area contributed by atoms with E-state index in [0.29, 0.717) is 12.0 Å². The first kappa shape index (κ1) is 25.2. The molecule has 2 aromatic heterocycles. The molecule has 0 radical (unpaired) electrons. The van der Waals surface area contributed by atoms with Crippen LogP contribution in [0.2, 0.25) is 0 Å². The van der Waals surface area contributed by atoms with Gasteiger partial charge in [-0.25, -0.2) is 4.68 Å². The Bertz CT molecular complexity index is 1230. The Kier molecular flexibility index (Phi) is 8.28. The van der Waals surface area contributed by atoms with Crippen LogP contribution >= 0.6 is 0 Å². The lowest BCUT2D eigenvalue weighted by Crippen LogP contribution is -2.44. The van der Waals surface area contributed by atoms with Gasteiger partial charge in [-0.3, -0.25) is 14.8 Å². The van der Waals surface area contributed by atoms with Gasteiger partial charge >= 0.3 is 0 Å². The van der Waals surface area contributed by atoms with Gasteiger partial charge in [0.25, 0.3) is 0 Å². The molecule has 192 valence electrons. The van der Waals surface area contributed by atoms with Gasteiger partial charge in [0.15, 0.2) is 0 Å². The van der Waals surface area contributed by atoms with Crippen LogP contribution in [0.5, 0.6) is 5.75 Å². The van der Waals surface area contributed by atoms with Crippen molar-refractivity contribution in [3.05, 3.63) is 108 Å². The molecule has 0 spiro atoms. The summed E-state index contributed by atoms with van der Waals surface area (Å²) in [6, 6.07) is 23.6. The van der Waals surface area contributed by atoms with Crippen LogP contribution in [-0.2, 0) is 19.5 Å². The zero-order valence-corrected chi connectivity index (χ0v) is 21.9. The summed E-state index contributed by atoms with van der Waals surface area (Å²) in [4.78, 5) is 9.31. The number of nitrogens with zero attached hydrogens (tertiary/aromatic N) is 5. The number of hydrogen-bond acceptors (Lipinski definition) is 5. The summed E-state index contributed by atoms with van der Waals surface area (Å²) in [6.45, 7) is 4.10. The topological polar surface area (TPSA) is 46.4 Å². The normalized spacial score (nSPS) is 15.6. The maximum atomic E-state index is 5.50. The van der Waals surface area contributed by atoms with E-state index in [1.54, 1.807) is 7.11 Å². The molecule has 1 atom stereocenters. The monoisotopic (exact) mass is 495 g/mol. The fourth-order valence-corrected chi connectivity index (χ4v) is 5.53. The zero-order valence-electron chi connectivity index (χ0n) is 21.9. The molecule has 1 fully saturated rings. The number of rotatable bonds is 10. The molecule has 0 saturated carbocycles. The third kappa shape index (κ3) is 6.64. The zero-order chi connectivity index (χ0) is 25.5. The van der Waals surface area contributed by atoms with E-state index in [2.05, 4.69) is 87.7 Å². The largest absolute Gasteiger partial charge is 0.497 e. The van der Waals surface area contributed by atoms with Crippen LogP contribution in [0.1, 0.15) is 29.5 Å². The number of likely N-dealkylation sites (tertiary alicyclic amines) is 1. The number of methoxy groups -OCH3 is 1. The Morgan fingerprint density at radius 3 is 2.49 bits per heavy atom. The van der Waals surface area contributed by atoms with Crippen molar-refractivity contribution in [2.45, 2.75) is 38.4 Å². The molecule has 0 unspecified atom stereocenters. The van der Waals surface area contributed by atoms with E-state index in [9.17, 15) is 0 Å². The van der Waals surface area contributed by atoms with Crippen LogP contribution in [0.25, 0.3) is 5.69 Å².